The van der Waals surface area contributed by atoms with Crippen LogP contribution in [0.2, 0.25) is 0 Å². The average molecular weight is 1120 g/mol. The summed E-state index contributed by atoms with van der Waals surface area (Å²) in [4.78, 5) is 38.4. The molecule has 0 saturated heterocycles. The molecule has 468 valence electrons. The van der Waals surface area contributed by atoms with E-state index < -0.39 is 6.10 Å². The summed E-state index contributed by atoms with van der Waals surface area (Å²) in [6.45, 7) is 6.65. The fourth-order valence-corrected chi connectivity index (χ4v) is 10.6. The minimum atomic E-state index is -0.780. The van der Waals surface area contributed by atoms with Crippen LogP contribution in [0.15, 0.2) is 48.6 Å². The third-order valence-corrected chi connectivity index (χ3v) is 16.0. The Balaban J connectivity index is 4.17. The van der Waals surface area contributed by atoms with Crippen LogP contribution in [0, 0.1) is 0 Å². The minimum absolute atomic E-state index is 0.0752. The number of rotatable bonds is 66. The lowest BCUT2D eigenvalue weighted by atomic mass is 10.0. The molecule has 0 amide bonds. The van der Waals surface area contributed by atoms with Crippen LogP contribution in [0.3, 0.4) is 0 Å². The van der Waals surface area contributed by atoms with Crippen molar-refractivity contribution in [2.45, 2.75) is 393 Å². The average Bonchev–Trinajstić information content (AvgIpc) is 3.46. The Morgan fingerprint density at radius 1 is 0.250 bits per heavy atom. The van der Waals surface area contributed by atoms with E-state index in [1.54, 1.807) is 0 Å². The SMILES string of the molecule is CCCCC/C=C\C/C=C\CCCCCCCCCC(=O)OC(COC(=O)CCCCCCC/C=C\CCCCCCC)COC(=O)CCCCCCCCCCCCCCCCCCCCC/C=C\CCCCCCCCCC. The Hall–Kier alpha value is -2.63. The summed E-state index contributed by atoms with van der Waals surface area (Å²) in [5.41, 5.74) is 0. The minimum Gasteiger partial charge on any atom is -0.462 e. The molecule has 0 aromatic heterocycles. The largest absolute Gasteiger partial charge is 0.462 e. The topological polar surface area (TPSA) is 78.9 Å². The predicted molar refractivity (Wildman–Crippen MR) is 349 cm³/mol. The second-order valence-corrected chi connectivity index (χ2v) is 24.1. The number of carbonyl (C=O) groups excluding carboxylic acids is 3. The van der Waals surface area contributed by atoms with E-state index in [2.05, 4.69) is 69.4 Å². The smallest absolute Gasteiger partial charge is 0.306 e. The van der Waals surface area contributed by atoms with Gasteiger partial charge in [0.15, 0.2) is 6.10 Å². The number of hydrogen-bond donors (Lipinski definition) is 0. The molecule has 0 heterocycles. The predicted octanol–water partition coefficient (Wildman–Crippen LogP) is 24.5. The molecule has 80 heavy (non-hydrogen) atoms. The number of hydrogen-bond acceptors (Lipinski definition) is 6. The fourth-order valence-electron chi connectivity index (χ4n) is 10.6. The molecular weight excluding hydrogens is 985 g/mol. The maximum atomic E-state index is 12.9. The van der Waals surface area contributed by atoms with Crippen molar-refractivity contribution >= 4 is 17.9 Å². The standard InChI is InChI=1S/C74H136O6/c1-4-7-10-13-16-19-22-25-28-30-31-32-33-34-35-36-37-38-39-40-41-42-43-45-46-49-52-55-58-61-64-67-73(76)79-70-71(69-78-72(75)66-63-60-57-54-51-48-27-24-21-18-15-12-9-6-3)80-74(77)68-65-62-59-56-53-50-47-44-29-26-23-20-17-14-11-8-5-2/h17,20,24,26-27,29-31,71H,4-16,18-19,21-23,25,28,32-70H2,1-3H3/b20-17-,27-24-,29-26-,31-30-. The van der Waals surface area contributed by atoms with Crippen molar-refractivity contribution in [3.8, 4) is 0 Å². The Morgan fingerprint density at radius 2 is 0.450 bits per heavy atom. The van der Waals surface area contributed by atoms with E-state index in [9.17, 15) is 14.4 Å². The second-order valence-electron chi connectivity index (χ2n) is 24.1. The summed E-state index contributed by atoms with van der Waals surface area (Å²) in [5, 5.41) is 0. The van der Waals surface area contributed by atoms with Gasteiger partial charge in [-0.3, -0.25) is 14.4 Å². The Kier molecular flexibility index (Phi) is 66.6. The quantitative estimate of drug-likeness (QED) is 0.0261. The molecule has 0 N–H and O–H groups in total. The van der Waals surface area contributed by atoms with Gasteiger partial charge in [-0.1, -0.05) is 313 Å². The lowest BCUT2D eigenvalue weighted by Crippen LogP contribution is -2.30. The molecule has 6 nitrogen and oxygen atoms in total. The number of carbonyl (C=O) groups is 3. The van der Waals surface area contributed by atoms with Gasteiger partial charge in [0.2, 0.25) is 0 Å². The van der Waals surface area contributed by atoms with Gasteiger partial charge in [-0.2, -0.15) is 0 Å². The van der Waals surface area contributed by atoms with Gasteiger partial charge < -0.3 is 14.2 Å². The van der Waals surface area contributed by atoms with Crippen LogP contribution in [-0.2, 0) is 28.6 Å². The van der Waals surface area contributed by atoms with Crippen molar-refractivity contribution in [1.29, 1.82) is 0 Å². The fraction of sp³-hybridized carbons (Fsp3) is 0.851. The Morgan fingerprint density at radius 3 is 0.725 bits per heavy atom. The molecule has 1 unspecified atom stereocenters. The summed E-state index contributed by atoms with van der Waals surface area (Å²) < 4.78 is 17.0. The summed E-state index contributed by atoms with van der Waals surface area (Å²) in [5.74, 6) is -0.868. The van der Waals surface area contributed by atoms with Gasteiger partial charge in [0.05, 0.1) is 0 Å². The highest BCUT2D eigenvalue weighted by atomic mass is 16.6. The van der Waals surface area contributed by atoms with Gasteiger partial charge in [-0.15, -0.1) is 0 Å². The molecule has 0 aromatic rings. The Bertz CT molecular complexity index is 1380. The van der Waals surface area contributed by atoms with Gasteiger partial charge in [0, 0.05) is 19.3 Å². The van der Waals surface area contributed by atoms with E-state index in [0.29, 0.717) is 19.3 Å². The van der Waals surface area contributed by atoms with Crippen molar-refractivity contribution in [3.63, 3.8) is 0 Å². The molecular formula is C74H136O6. The van der Waals surface area contributed by atoms with Crippen molar-refractivity contribution in [1.82, 2.24) is 0 Å². The van der Waals surface area contributed by atoms with Gasteiger partial charge in [0.1, 0.15) is 13.2 Å². The first kappa shape index (κ1) is 77.4. The Labute approximate surface area is 498 Å². The van der Waals surface area contributed by atoms with Crippen molar-refractivity contribution in [3.05, 3.63) is 48.6 Å². The first-order chi connectivity index (χ1) is 39.5. The molecule has 0 saturated carbocycles. The zero-order chi connectivity index (χ0) is 57.8. The molecule has 0 aromatic carbocycles. The highest BCUT2D eigenvalue weighted by Crippen LogP contribution is 2.18. The van der Waals surface area contributed by atoms with E-state index >= 15 is 0 Å². The molecule has 0 aliphatic rings. The van der Waals surface area contributed by atoms with Crippen molar-refractivity contribution in [2.24, 2.45) is 0 Å². The maximum absolute atomic E-state index is 12.9. The lowest BCUT2D eigenvalue weighted by Gasteiger charge is -2.18. The van der Waals surface area contributed by atoms with Crippen LogP contribution in [0.1, 0.15) is 387 Å². The van der Waals surface area contributed by atoms with Gasteiger partial charge in [-0.25, -0.2) is 0 Å². The normalized spacial score (nSPS) is 12.3. The zero-order valence-corrected chi connectivity index (χ0v) is 53.9. The molecule has 0 fully saturated rings. The van der Waals surface area contributed by atoms with Crippen LogP contribution in [-0.4, -0.2) is 37.2 Å². The number of allylic oxidation sites excluding steroid dienone is 8. The van der Waals surface area contributed by atoms with Gasteiger partial charge in [0.25, 0.3) is 0 Å². The highest BCUT2D eigenvalue weighted by Gasteiger charge is 2.19. The summed E-state index contributed by atoms with van der Waals surface area (Å²) in [6, 6.07) is 0. The number of unbranched alkanes of at least 4 members (excludes halogenated alkanes) is 47. The molecule has 0 radical (unpaired) electrons. The first-order valence-electron chi connectivity index (χ1n) is 35.6. The zero-order valence-electron chi connectivity index (χ0n) is 53.9. The monoisotopic (exact) mass is 1120 g/mol. The summed E-state index contributed by atoms with van der Waals surface area (Å²) in [7, 11) is 0. The molecule has 0 aliphatic carbocycles. The van der Waals surface area contributed by atoms with E-state index in [1.165, 1.54) is 270 Å². The van der Waals surface area contributed by atoms with Gasteiger partial charge in [-0.05, 0) is 103 Å². The van der Waals surface area contributed by atoms with Crippen LogP contribution >= 0.6 is 0 Å². The van der Waals surface area contributed by atoms with Crippen molar-refractivity contribution in [2.75, 3.05) is 13.2 Å². The van der Waals surface area contributed by atoms with Crippen LogP contribution < -0.4 is 0 Å². The summed E-state index contributed by atoms with van der Waals surface area (Å²) >= 11 is 0. The number of esters is 3. The van der Waals surface area contributed by atoms with Crippen LogP contribution in [0.4, 0.5) is 0 Å². The van der Waals surface area contributed by atoms with Gasteiger partial charge >= 0.3 is 17.9 Å². The highest BCUT2D eigenvalue weighted by molar-refractivity contribution is 5.71. The molecule has 1 atom stereocenters. The van der Waals surface area contributed by atoms with Crippen LogP contribution in [0.25, 0.3) is 0 Å². The molecule has 0 rings (SSSR count). The molecule has 0 spiro atoms. The lowest BCUT2D eigenvalue weighted by molar-refractivity contribution is -0.167. The van der Waals surface area contributed by atoms with E-state index in [4.69, 9.17) is 14.2 Å². The van der Waals surface area contributed by atoms with Crippen molar-refractivity contribution < 1.29 is 28.6 Å². The third-order valence-electron chi connectivity index (χ3n) is 16.0. The second kappa shape index (κ2) is 68.9. The number of ether oxygens (including phenoxy) is 3. The van der Waals surface area contributed by atoms with E-state index in [1.807, 2.05) is 0 Å². The van der Waals surface area contributed by atoms with E-state index in [-0.39, 0.29) is 31.1 Å². The summed E-state index contributed by atoms with van der Waals surface area (Å²) in [6.07, 6.45) is 87.2. The third kappa shape index (κ3) is 66.2. The molecule has 0 bridgehead atoms. The molecule has 6 heteroatoms. The van der Waals surface area contributed by atoms with Crippen LogP contribution in [0.5, 0.6) is 0 Å². The maximum Gasteiger partial charge on any atom is 0.306 e. The van der Waals surface area contributed by atoms with E-state index in [0.717, 1.165) is 77.0 Å². The molecule has 0 aliphatic heterocycles. The first-order valence-corrected chi connectivity index (χ1v) is 35.6.